The Morgan fingerprint density at radius 2 is 2.12 bits per heavy atom. The van der Waals surface area contributed by atoms with E-state index in [-0.39, 0.29) is 12.1 Å². The Morgan fingerprint density at radius 3 is 2.84 bits per heavy atom. The van der Waals surface area contributed by atoms with E-state index in [1.54, 1.807) is 13.3 Å². The van der Waals surface area contributed by atoms with Crippen molar-refractivity contribution in [3.8, 4) is 0 Å². The molecule has 0 saturated carbocycles. The number of ether oxygens (including phenoxy) is 1. The Morgan fingerprint density at radius 1 is 1.34 bits per heavy atom. The zero-order chi connectivity index (χ0) is 22.7. The fourth-order valence-electron chi connectivity index (χ4n) is 4.22. The number of aliphatic hydroxyl groups is 1. The van der Waals surface area contributed by atoms with Gasteiger partial charge in [-0.05, 0) is 35.7 Å². The van der Waals surface area contributed by atoms with Gasteiger partial charge in [0.15, 0.2) is 0 Å². The average molecular weight is 458 g/mol. The van der Waals surface area contributed by atoms with Gasteiger partial charge in [-0.15, -0.1) is 0 Å². The molecule has 1 fully saturated rings. The Labute approximate surface area is 189 Å². The molecular weight excluding hydrogens is 426 g/mol. The smallest absolute Gasteiger partial charge is 0.136 e. The maximum atomic E-state index is 13.7. The van der Waals surface area contributed by atoms with Gasteiger partial charge >= 0.3 is 0 Å². The first-order valence-corrected chi connectivity index (χ1v) is 12.4. The van der Waals surface area contributed by atoms with E-state index < -0.39 is 15.9 Å². The van der Waals surface area contributed by atoms with Crippen LogP contribution in [0.5, 0.6) is 0 Å². The first-order chi connectivity index (χ1) is 15.4. The predicted octanol–water partition coefficient (Wildman–Crippen LogP) is 1.41. The number of pyridine rings is 1. The molecule has 1 aliphatic heterocycles. The first kappa shape index (κ1) is 22.9. The van der Waals surface area contributed by atoms with Crippen LogP contribution in [0, 0.1) is 0 Å². The maximum Gasteiger partial charge on any atom is 0.136 e. The molecule has 1 aliphatic rings. The summed E-state index contributed by atoms with van der Waals surface area (Å²) in [4.78, 5) is 4.90. The second-order valence-electron chi connectivity index (χ2n) is 7.96. The second-order valence-corrected chi connectivity index (χ2v) is 10.2. The number of fused-ring (bicyclic) bond motifs is 1. The molecule has 4 atom stereocenters. The van der Waals surface area contributed by atoms with E-state index >= 15 is 0 Å². The largest absolute Gasteiger partial charge is 0.378 e. The summed E-state index contributed by atoms with van der Waals surface area (Å²) in [5.41, 5.74) is 2.57. The molecule has 2 aromatic heterocycles. The van der Waals surface area contributed by atoms with Gasteiger partial charge in [-0.3, -0.25) is 5.32 Å². The van der Waals surface area contributed by atoms with E-state index in [2.05, 4.69) is 21.5 Å². The molecule has 0 amide bonds. The minimum Gasteiger partial charge on any atom is -0.378 e. The summed E-state index contributed by atoms with van der Waals surface area (Å²) in [6.07, 6.45) is 4.60. The quantitative estimate of drug-likeness (QED) is 0.333. The summed E-state index contributed by atoms with van der Waals surface area (Å²) in [6, 6.07) is 11.3. The Hall–Kier alpha value is -2.27. The van der Waals surface area contributed by atoms with Crippen LogP contribution in [0.1, 0.15) is 24.3 Å². The first-order valence-electron chi connectivity index (χ1n) is 10.7. The number of hydrogen-bond donors (Lipinski definition) is 3. The number of likely N-dealkylation sites (N-methyl/N-ethyl adjacent to an activating group) is 1. The van der Waals surface area contributed by atoms with Crippen LogP contribution >= 0.6 is 0 Å². The second kappa shape index (κ2) is 9.70. The minimum atomic E-state index is -2.65. The molecule has 8 nitrogen and oxygen atoms in total. The molecule has 3 heterocycles. The van der Waals surface area contributed by atoms with E-state index in [4.69, 9.17) is 4.74 Å². The third kappa shape index (κ3) is 4.59. The molecule has 0 aliphatic carbocycles. The number of aliphatic hydroxyl groups excluding tert-OH is 1. The highest BCUT2D eigenvalue weighted by molar-refractivity contribution is 7.98. The van der Waals surface area contributed by atoms with Gasteiger partial charge in [-0.1, -0.05) is 19.1 Å². The van der Waals surface area contributed by atoms with Crippen molar-refractivity contribution >= 4 is 21.2 Å². The number of imidazole rings is 1. The van der Waals surface area contributed by atoms with Gasteiger partial charge in [0.05, 0.1) is 21.9 Å². The summed E-state index contributed by atoms with van der Waals surface area (Å²) < 4.78 is 23.1. The Bertz CT molecular complexity index is 1150. The highest BCUT2D eigenvalue weighted by Crippen LogP contribution is 2.23. The van der Waals surface area contributed by atoms with Crippen LogP contribution in [-0.4, -0.2) is 67.8 Å². The van der Waals surface area contributed by atoms with Crippen molar-refractivity contribution < 1.29 is 14.1 Å². The van der Waals surface area contributed by atoms with Crippen LogP contribution in [-0.2, 0) is 21.0 Å². The molecule has 0 bridgehead atoms. The summed E-state index contributed by atoms with van der Waals surface area (Å²) in [5, 5.41) is 16.9. The lowest BCUT2D eigenvalue weighted by Crippen LogP contribution is -2.47. The molecule has 1 saturated heterocycles. The average Bonchev–Trinajstić information content (AvgIpc) is 3.47. The maximum absolute atomic E-state index is 13.7. The monoisotopic (exact) mass is 457 g/mol. The van der Waals surface area contributed by atoms with E-state index in [9.17, 15) is 9.32 Å². The number of aromatic nitrogens is 2. The topological polar surface area (TPSA) is 91.1 Å². The molecule has 4 rings (SSSR count). The normalized spacial score (nSPS) is 21.8. The number of methoxy groups -OCH3 is 1. The van der Waals surface area contributed by atoms with Crippen molar-refractivity contribution in [1.82, 2.24) is 24.3 Å². The SMILES string of the molecule is C=S(=O)(c1ccc(CNC(O)c2ccc3nccn3c2)cc1)N(CC)C1CNCC1OC. The van der Waals surface area contributed by atoms with Gasteiger partial charge in [0.25, 0.3) is 0 Å². The fourth-order valence-corrected chi connectivity index (χ4v) is 6.11. The summed E-state index contributed by atoms with van der Waals surface area (Å²) in [5.74, 6) is 4.10. The van der Waals surface area contributed by atoms with Crippen molar-refractivity contribution in [2.75, 3.05) is 26.7 Å². The standard InChI is InChI=1S/C23H31N5O3S/c1-4-28(20-14-24-15-21(20)31-2)32(3,30)19-8-5-17(6-9-19)13-26-23(29)18-7-10-22-25-11-12-27(22)16-18/h5-12,16,20-21,23-24,26,29H,3-4,13-15H2,1-2H3. The number of nitrogens with one attached hydrogen (secondary N) is 2. The van der Waals surface area contributed by atoms with Gasteiger partial charge in [-0.2, -0.15) is 0 Å². The number of rotatable bonds is 9. The van der Waals surface area contributed by atoms with Gasteiger partial charge in [0.1, 0.15) is 11.9 Å². The molecule has 4 unspecified atom stereocenters. The van der Waals surface area contributed by atoms with E-state index in [0.29, 0.717) is 18.0 Å². The molecular formula is C23H31N5O3S. The van der Waals surface area contributed by atoms with Crippen molar-refractivity contribution in [2.45, 2.75) is 36.7 Å². The minimum absolute atomic E-state index is 0.0102. The van der Waals surface area contributed by atoms with E-state index in [0.717, 1.165) is 29.9 Å². The van der Waals surface area contributed by atoms with Gasteiger partial charge in [0, 0.05) is 62.3 Å². The lowest BCUT2D eigenvalue weighted by atomic mass is 10.2. The van der Waals surface area contributed by atoms with Crippen LogP contribution in [0.4, 0.5) is 0 Å². The molecule has 3 N–H and O–H groups in total. The number of benzene rings is 1. The van der Waals surface area contributed by atoms with Crippen LogP contribution in [0.15, 0.2) is 59.9 Å². The fraction of sp³-hybridized carbons (Fsp3) is 0.391. The third-order valence-electron chi connectivity index (χ3n) is 6.01. The number of hydrogen-bond acceptors (Lipinski definition) is 6. The zero-order valence-corrected chi connectivity index (χ0v) is 19.3. The molecule has 32 heavy (non-hydrogen) atoms. The van der Waals surface area contributed by atoms with Crippen molar-refractivity contribution in [3.63, 3.8) is 0 Å². The molecule has 3 aromatic rings. The van der Waals surface area contributed by atoms with Crippen molar-refractivity contribution in [1.29, 1.82) is 0 Å². The van der Waals surface area contributed by atoms with Crippen LogP contribution < -0.4 is 10.6 Å². The van der Waals surface area contributed by atoms with Crippen LogP contribution in [0.3, 0.4) is 0 Å². The molecule has 0 radical (unpaired) electrons. The third-order valence-corrected chi connectivity index (χ3v) is 8.31. The van der Waals surface area contributed by atoms with Gasteiger partial charge < -0.3 is 19.6 Å². The Kier molecular flexibility index (Phi) is 6.94. The van der Waals surface area contributed by atoms with Gasteiger partial charge in [0.2, 0.25) is 0 Å². The lowest BCUT2D eigenvalue weighted by Gasteiger charge is -2.33. The Balaban J connectivity index is 1.42. The van der Waals surface area contributed by atoms with E-state index in [1.807, 2.05) is 64.4 Å². The summed E-state index contributed by atoms with van der Waals surface area (Å²) >= 11 is 0. The van der Waals surface area contributed by atoms with Crippen LogP contribution in [0.25, 0.3) is 5.65 Å². The lowest BCUT2D eigenvalue weighted by molar-refractivity contribution is 0.0751. The predicted molar refractivity (Wildman–Crippen MR) is 127 cm³/mol. The molecule has 1 aromatic carbocycles. The van der Waals surface area contributed by atoms with Crippen LogP contribution in [0.2, 0.25) is 0 Å². The van der Waals surface area contributed by atoms with Gasteiger partial charge in [-0.25, -0.2) is 13.5 Å². The summed E-state index contributed by atoms with van der Waals surface area (Å²) in [7, 11) is -0.961. The molecule has 0 spiro atoms. The summed E-state index contributed by atoms with van der Waals surface area (Å²) in [6.45, 7) is 4.55. The highest BCUT2D eigenvalue weighted by atomic mass is 32.2. The van der Waals surface area contributed by atoms with E-state index in [1.165, 1.54) is 0 Å². The highest BCUT2D eigenvalue weighted by Gasteiger charge is 2.35. The molecule has 172 valence electrons. The van der Waals surface area contributed by atoms with Crippen molar-refractivity contribution in [2.24, 2.45) is 0 Å². The van der Waals surface area contributed by atoms with Crippen molar-refractivity contribution in [3.05, 3.63) is 66.1 Å². The molecule has 9 heteroatoms. The zero-order valence-electron chi connectivity index (χ0n) is 18.5. The number of nitrogens with zero attached hydrogens (tertiary/aromatic N) is 3.